The number of imidazole rings is 1. The van der Waals surface area contributed by atoms with E-state index in [1.165, 1.54) is 19.8 Å². The molecule has 2 aromatic rings. The first-order valence-corrected chi connectivity index (χ1v) is 5.95. The lowest BCUT2D eigenvalue weighted by Crippen LogP contribution is -2.05. The highest BCUT2D eigenvalue weighted by atomic mass is 16.1. The topological polar surface area (TPSA) is 46.9 Å². The van der Waals surface area contributed by atoms with Gasteiger partial charge in [0.15, 0.2) is 0 Å². The molecule has 1 aliphatic rings. The summed E-state index contributed by atoms with van der Waals surface area (Å²) in [6.45, 7) is 2.58. The minimum atomic E-state index is -0.0539. The summed E-state index contributed by atoms with van der Waals surface area (Å²) in [7, 11) is 0. The van der Waals surface area contributed by atoms with Crippen LogP contribution < -0.4 is 5.32 Å². The molecule has 1 aliphatic carbocycles. The van der Waals surface area contributed by atoms with Crippen molar-refractivity contribution in [1.82, 2.24) is 9.55 Å². The van der Waals surface area contributed by atoms with E-state index in [2.05, 4.69) is 14.9 Å². The minimum Gasteiger partial charge on any atom is -0.330 e. The molecule has 1 N–H and O–H groups in total. The largest absolute Gasteiger partial charge is 0.330 e. The first-order chi connectivity index (χ1) is 8.22. The summed E-state index contributed by atoms with van der Waals surface area (Å²) in [5.74, 6) is 0.782. The number of benzene rings is 1. The monoisotopic (exact) mass is 229 g/mol. The predicted octanol–water partition coefficient (Wildman–Crippen LogP) is 2.40. The van der Waals surface area contributed by atoms with Crippen molar-refractivity contribution in [2.75, 3.05) is 5.32 Å². The second-order valence-corrected chi connectivity index (χ2v) is 4.72. The van der Waals surface area contributed by atoms with Gasteiger partial charge in [-0.1, -0.05) is 0 Å². The molecule has 4 nitrogen and oxygen atoms in total. The van der Waals surface area contributed by atoms with Crippen LogP contribution in [-0.2, 0) is 11.3 Å². The van der Waals surface area contributed by atoms with Gasteiger partial charge < -0.3 is 9.88 Å². The molecular formula is C13H15N3O. The minimum absolute atomic E-state index is 0.0539. The van der Waals surface area contributed by atoms with Gasteiger partial charge in [-0.3, -0.25) is 4.79 Å². The Hall–Kier alpha value is -1.84. The average Bonchev–Trinajstić information content (AvgIpc) is 3.00. The van der Waals surface area contributed by atoms with Crippen molar-refractivity contribution in [2.24, 2.45) is 5.92 Å². The smallest absolute Gasteiger partial charge is 0.221 e. The Morgan fingerprint density at radius 3 is 3.06 bits per heavy atom. The average molecular weight is 229 g/mol. The molecule has 0 radical (unpaired) electrons. The summed E-state index contributed by atoms with van der Waals surface area (Å²) >= 11 is 0. The van der Waals surface area contributed by atoms with Crippen molar-refractivity contribution in [3.8, 4) is 0 Å². The number of nitrogens with one attached hydrogen (secondary N) is 1. The van der Waals surface area contributed by atoms with Gasteiger partial charge in [0.2, 0.25) is 5.91 Å². The maximum atomic E-state index is 11.0. The van der Waals surface area contributed by atoms with Crippen LogP contribution in [0.2, 0.25) is 0 Å². The lowest BCUT2D eigenvalue weighted by Gasteiger charge is -2.04. The maximum absolute atomic E-state index is 11.0. The second kappa shape index (κ2) is 3.87. The fourth-order valence-electron chi connectivity index (χ4n) is 2.07. The fourth-order valence-corrected chi connectivity index (χ4v) is 2.07. The van der Waals surface area contributed by atoms with Crippen LogP contribution in [0.3, 0.4) is 0 Å². The van der Waals surface area contributed by atoms with Gasteiger partial charge in [-0.2, -0.15) is 0 Å². The highest BCUT2D eigenvalue weighted by Crippen LogP contribution is 2.31. The number of carbonyl (C=O) groups excluding carboxylic acids is 1. The Morgan fingerprint density at radius 2 is 2.35 bits per heavy atom. The number of aromatic nitrogens is 2. The van der Waals surface area contributed by atoms with Gasteiger partial charge in [0, 0.05) is 19.2 Å². The van der Waals surface area contributed by atoms with Gasteiger partial charge in [-0.05, 0) is 37.0 Å². The molecule has 3 rings (SSSR count). The first-order valence-electron chi connectivity index (χ1n) is 5.95. The van der Waals surface area contributed by atoms with E-state index in [4.69, 9.17) is 0 Å². The molecule has 0 spiro atoms. The molecule has 0 unspecified atom stereocenters. The van der Waals surface area contributed by atoms with E-state index in [1.807, 2.05) is 24.5 Å². The zero-order chi connectivity index (χ0) is 11.8. The number of rotatable bonds is 3. The van der Waals surface area contributed by atoms with E-state index in [0.717, 1.165) is 29.2 Å². The van der Waals surface area contributed by atoms with Crippen molar-refractivity contribution >= 4 is 22.6 Å². The Bertz CT molecular complexity index is 569. The van der Waals surface area contributed by atoms with Gasteiger partial charge in [0.1, 0.15) is 0 Å². The Balaban J connectivity index is 1.92. The van der Waals surface area contributed by atoms with Gasteiger partial charge in [-0.25, -0.2) is 4.98 Å². The number of carbonyl (C=O) groups is 1. The molecule has 0 saturated heterocycles. The zero-order valence-corrected chi connectivity index (χ0v) is 9.81. The number of nitrogens with zero attached hydrogens (tertiary/aromatic N) is 2. The Labute approximate surface area is 99.6 Å². The number of hydrogen-bond donors (Lipinski definition) is 1. The molecule has 4 heteroatoms. The third-order valence-electron chi connectivity index (χ3n) is 3.09. The molecular weight excluding hydrogens is 214 g/mol. The standard InChI is InChI=1S/C13H15N3O/c1-9(17)15-11-4-5-13-12(6-11)14-8-16(13)7-10-2-3-10/h4-6,8,10H,2-3,7H2,1H3,(H,15,17). The van der Waals surface area contributed by atoms with Crippen LogP contribution in [-0.4, -0.2) is 15.5 Å². The summed E-state index contributed by atoms with van der Waals surface area (Å²) in [6.07, 6.45) is 4.56. The number of hydrogen-bond acceptors (Lipinski definition) is 2. The maximum Gasteiger partial charge on any atom is 0.221 e. The van der Waals surface area contributed by atoms with E-state index in [1.54, 1.807) is 0 Å². The molecule has 1 aromatic carbocycles. The van der Waals surface area contributed by atoms with Crippen LogP contribution in [0.1, 0.15) is 19.8 Å². The third kappa shape index (κ3) is 2.16. The summed E-state index contributed by atoms with van der Waals surface area (Å²) in [5, 5.41) is 2.77. The van der Waals surface area contributed by atoms with Crippen LogP contribution in [0.4, 0.5) is 5.69 Å². The molecule has 17 heavy (non-hydrogen) atoms. The molecule has 1 fully saturated rings. The summed E-state index contributed by atoms with van der Waals surface area (Å²) in [6, 6.07) is 5.87. The van der Waals surface area contributed by atoms with E-state index in [-0.39, 0.29) is 5.91 Å². The van der Waals surface area contributed by atoms with Crippen molar-refractivity contribution in [3.05, 3.63) is 24.5 Å². The van der Waals surface area contributed by atoms with Crippen LogP contribution in [0.15, 0.2) is 24.5 Å². The summed E-state index contributed by atoms with van der Waals surface area (Å²) in [4.78, 5) is 15.4. The van der Waals surface area contributed by atoms with Crippen molar-refractivity contribution in [2.45, 2.75) is 26.3 Å². The van der Waals surface area contributed by atoms with Crippen LogP contribution in [0, 0.1) is 5.92 Å². The highest BCUT2D eigenvalue weighted by molar-refractivity contribution is 5.91. The number of anilines is 1. The van der Waals surface area contributed by atoms with Gasteiger partial charge in [-0.15, -0.1) is 0 Å². The van der Waals surface area contributed by atoms with E-state index >= 15 is 0 Å². The van der Waals surface area contributed by atoms with Gasteiger partial charge in [0.05, 0.1) is 17.4 Å². The molecule has 88 valence electrons. The summed E-state index contributed by atoms with van der Waals surface area (Å²) in [5.41, 5.74) is 2.89. The van der Waals surface area contributed by atoms with Crippen LogP contribution in [0.25, 0.3) is 11.0 Å². The number of amides is 1. The zero-order valence-electron chi connectivity index (χ0n) is 9.81. The fraction of sp³-hybridized carbons (Fsp3) is 0.385. The van der Waals surface area contributed by atoms with E-state index < -0.39 is 0 Å². The molecule has 0 atom stereocenters. The van der Waals surface area contributed by atoms with Gasteiger partial charge in [0.25, 0.3) is 0 Å². The highest BCUT2D eigenvalue weighted by Gasteiger charge is 2.22. The molecule has 0 bridgehead atoms. The van der Waals surface area contributed by atoms with Crippen molar-refractivity contribution < 1.29 is 4.79 Å². The van der Waals surface area contributed by atoms with Gasteiger partial charge >= 0.3 is 0 Å². The molecule has 1 aromatic heterocycles. The van der Waals surface area contributed by atoms with Crippen LogP contribution in [0.5, 0.6) is 0 Å². The predicted molar refractivity (Wildman–Crippen MR) is 66.8 cm³/mol. The Morgan fingerprint density at radius 1 is 1.53 bits per heavy atom. The lowest BCUT2D eigenvalue weighted by molar-refractivity contribution is -0.114. The molecule has 1 heterocycles. The molecule has 0 aliphatic heterocycles. The Kier molecular flexibility index (Phi) is 2.35. The summed E-state index contributed by atoms with van der Waals surface area (Å²) < 4.78 is 2.20. The lowest BCUT2D eigenvalue weighted by atomic mass is 10.2. The second-order valence-electron chi connectivity index (χ2n) is 4.72. The van der Waals surface area contributed by atoms with Crippen molar-refractivity contribution in [1.29, 1.82) is 0 Å². The molecule has 1 amide bonds. The SMILES string of the molecule is CC(=O)Nc1ccc2c(c1)ncn2CC1CC1. The van der Waals surface area contributed by atoms with Crippen LogP contribution >= 0.6 is 0 Å². The van der Waals surface area contributed by atoms with E-state index in [9.17, 15) is 4.79 Å². The first kappa shape index (κ1) is 10.3. The quantitative estimate of drug-likeness (QED) is 0.878. The number of fused-ring (bicyclic) bond motifs is 1. The third-order valence-corrected chi connectivity index (χ3v) is 3.09. The van der Waals surface area contributed by atoms with Crippen molar-refractivity contribution in [3.63, 3.8) is 0 Å². The normalized spacial score (nSPS) is 15.1. The molecule has 1 saturated carbocycles. The van der Waals surface area contributed by atoms with E-state index in [0.29, 0.717) is 0 Å².